The summed E-state index contributed by atoms with van der Waals surface area (Å²) in [6, 6.07) is 52.5. The van der Waals surface area contributed by atoms with Crippen LogP contribution in [0, 0.1) is 0 Å². The van der Waals surface area contributed by atoms with Crippen LogP contribution in [0.15, 0.2) is 210 Å². The largest absolute Gasteiger partial charge is 0.299 e. The third-order valence-electron chi connectivity index (χ3n) is 9.93. The molecule has 1 unspecified atom stereocenters. The Kier molecular flexibility index (Phi) is 10.2. The van der Waals surface area contributed by atoms with Gasteiger partial charge in [-0.15, -0.1) is 0 Å². The van der Waals surface area contributed by atoms with Gasteiger partial charge in [0.25, 0.3) is 0 Å². The van der Waals surface area contributed by atoms with Crippen molar-refractivity contribution < 1.29 is 0 Å². The smallest absolute Gasteiger partial charge is 0.155 e. The monoisotopic (exact) mass is 724 g/mol. The number of pyridine rings is 1. The molecule has 0 amide bonds. The Morgan fingerprint density at radius 3 is 1.93 bits per heavy atom. The van der Waals surface area contributed by atoms with Gasteiger partial charge in [0.2, 0.25) is 0 Å². The number of nitrogens with zero attached hydrogens (tertiary/aromatic N) is 4. The number of allylic oxidation sites excluding steroid dienone is 5. The first-order valence-corrected chi connectivity index (χ1v) is 19.1. The lowest BCUT2D eigenvalue weighted by molar-refractivity contribution is 0.840. The molecule has 56 heavy (non-hydrogen) atoms. The maximum Gasteiger partial charge on any atom is 0.155 e. The fourth-order valence-electron chi connectivity index (χ4n) is 7.37. The Hall–Kier alpha value is -6.91. The molecule has 0 N–H and O–H groups in total. The molecule has 8 rings (SSSR count). The summed E-state index contributed by atoms with van der Waals surface area (Å²) < 4.78 is 2.18. The van der Waals surface area contributed by atoms with Crippen molar-refractivity contribution in [1.29, 1.82) is 0 Å². The van der Waals surface area contributed by atoms with Crippen LogP contribution in [-0.2, 0) is 0 Å². The molecule has 2 aromatic heterocycles. The van der Waals surface area contributed by atoms with Crippen LogP contribution in [0.25, 0.3) is 44.9 Å². The minimum absolute atomic E-state index is 0.322. The second kappa shape index (κ2) is 15.8. The Morgan fingerprint density at radius 2 is 1.27 bits per heavy atom. The molecular formula is C52H44N4. The van der Waals surface area contributed by atoms with Crippen LogP contribution in [-0.4, -0.2) is 20.9 Å². The molecular weight excluding hydrogens is 681 g/mol. The molecule has 1 aliphatic rings. The first-order valence-electron chi connectivity index (χ1n) is 19.1. The predicted octanol–water partition coefficient (Wildman–Crippen LogP) is 13.2. The van der Waals surface area contributed by atoms with Crippen molar-refractivity contribution in [3.63, 3.8) is 0 Å². The molecule has 0 bridgehead atoms. The van der Waals surface area contributed by atoms with E-state index in [0.717, 1.165) is 84.0 Å². The molecule has 1 aliphatic heterocycles. The average Bonchev–Trinajstić information content (AvgIpc) is 3.52. The number of fused-ring (bicyclic) bond motifs is 1. The molecule has 5 aromatic carbocycles. The quantitative estimate of drug-likeness (QED) is 0.108. The van der Waals surface area contributed by atoms with Crippen LogP contribution in [0.3, 0.4) is 0 Å². The normalized spacial score (nSPS) is 14.5. The summed E-state index contributed by atoms with van der Waals surface area (Å²) in [6.45, 7) is 15.2. The average molecular weight is 725 g/mol. The molecule has 3 heterocycles. The van der Waals surface area contributed by atoms with E-state index in [4.69, 9.17) is 15.0 Å². The van der Waals surface area contributed by atoms with Crippen molar-refractivity contribution in [2.45, 2.75) is 33.2 Å². The number of hydrogen-bond donors (Lipinski definition) is 0. The van der Waals surface area contributed by atoms with Crippen LogP contribution in [0.1, 0.15) is 55.5 Å². The Bertz CT molecular complexity index is 2690. The summed E-state index contributed by atoms with van der Waals surface area (Å²) in [5.74, 6) is 0.702. The van der Waals surface area contributed by atoms with Crippen molar-refractivity contribution in [1.82, 2.24) is 9.38 Å². The van der Waals surface area contributed by atoms with Gasteiger partial charge in [-0.05, 0) is 90.1 Å². The maximum absolute atomic E-state index is 5.41. The van der Waals surface area contributed by atoms with Gasteiger partial charge in [-0.1, -0.05) is 158 Å². The standard InChI is InChI=1S/C52H44N4/c1-35(2)29-43(30-36(3)4)45-32-44(38-24-26-41(27-25-38)51-50(40-19-11-7-12-20-40)54-48-23-15-16-28-56(48)51)33-46(34-45)49-37(5)31-47(39-17-9-6-10-18-39)53-52(55-49)42-21-13-8-14-22-42/h6-30,32-34,49H,1,5,31H2,2-4H3/b43-29+. The SMILES string of the molecule is C=C(C)/C=C(\C=C(C)C)c1cc(-c2ccc(-c3c(-c4ccccc4)nc4ccccn34)cc2)cc(C2N=C(c3ccccc3)N=C(c3ccccc3)CC2=C)c1. The third kappa shape index (κ3) is 7.69. The van der Waals surface area contributed by atoms with E-state index in [9.17, 15) is 0 Å². The van der Waals surface area contributed by atoms with Gasteiger partial charge in [0.05, 0.1) is 23.1 Å². The molecule has 0 aliphatic carbocycles. The van der Waals surface area contributed by atoms with Gasteiger partial charge >= 0.3 is 0 Å². The summed E-state index contributed by atoms with van der Waals surface area (Å²) in [5.41, 5.74) is 16.8. The summed E-state index contributed by atoms with van der Waals surface area (Å²) in [5, 5.41) is 0. The minimum atomic E-state index is -0.322. The highest BCUT2D eigenvalue weighted by atomic mass is 15.0. The predicted molar refractivity (Wildman–Crippen MR) is 236 cm³/mol. The number of aliphatic imine (C=N–C) groups is 2. The fraction of sp³-hybridized carbons (Fsp3) is 0.0962. The molecule has 1 atom stereocenters. The maximum atomic E-state index is 5.41. The van der Waals surface area contributed by atoms with Crippen LogP contribution >= 0.6 is 0 Å². The van der Waals surface area contributed by atoms with Crippen molar-refractivity contribution in [2.75, 3.05) is 0 Å². The zero-order chi connectivity index (χ0) is 38.6. The number of amidine groups is 1. The second-order valence-electron chi connectivity index (χ2n) is 14.7. The number of hydrogen-bond acceptors (Lipinski definition) is 3. The van der Waals surface area contributed by atoms with Gasteiger partial charge in [-0.25, -0.2) is 9.98 Å². The highest BCUT2D eigenvalue weighted by Crippen LogP contribution is 2.38. The second-order valence-corrected chi connectivity index (χ2v) is 14.7. The highest BCUT2D eigenvalue weighted by Gasteiger charge is 2.24. The number of benzene rings is 5. The molecule has 0 saturated carbocycles. The lowest BCUT2D eigenvalue weighted by atomic mass is 9.88. The summed E-state index contributed by atoms with van der Waals surface area (Å²) in [7, 11) is 0. The first kappa shape index (κ1) is 36.1. The highest BCUT2D eigenvalue weighted by molar-refractivity contribution is 6.14. The Morgan fingerprint density at radius 1 is 0.643 bits per heavy atom. The van der Waals surface area contributed by atoms with Crippen molar-refractivity contribution in [3.05, 3.63) is 222 Å². The first-order chi connectivity index (χ1) is 27.3. The van der Waals surface area contributed by atoms with Crippen molar-refractivity contribution in [2.24, 2.45) is 9.98 Å². The third-order valence-corrected chi connectivity index (χ3v) is 9.93. The van der Waals surface area contributed by atoms with Crippen LogP contribution in [0.5, 0.6) is 0 Å². The number of imidazole rings is 1. The lowest BCUT2D eigenvalue weighted by Gasteiger charge is -2.19. The zero-order valence-corrected chi connectivity index (χ0v) is 32.2. The van der Waals surface area contributed by atoms with Gasteiger partial charge in [0.15, 0.2) is 5.84 Å². The van der Waals surface area contributed by atoms with Crippen LogP contribution < -0.4 is 0 Å². The minimum Gasteiger partial charge on any atom is -0.299 e. The number of aromatic nitrogens is 2. The molecule has 0 saturated heterocycles. The Balaban J connectivity index is 1.27. The number of rotatable bonds is 9. The molecule has 0 radical (unpaired) electrons. The summed E-state index contributed by atoms with van der Waals surface area (Å²) in [6.07, 6.45) is 7.08. The van der Waals surface area contributed by atoms with Gasteiger partial charge < -0.3 is 0 Å². The van der Waals surface area contributed by atoms with E-state index in [1.807, 2.05) is 43.3 Å². The molecule has 272 valence electrons. The van der Waals surface area contributed by atoms with Gasteiger partial charge in [-0.2, -0.15) is 0 Å². The fourth-order valence-corrected chi connectivity index (χ4v) is 7.37. The van der Waals surface area contributed by atoms with Gasteiger partial charge in [-0.3, -0.25) is 9.39 Å². The Labute approximate surface area is 330 Å². The van der Waals surface area contributed by atoms with Gasteiger partial charge in [0, 0.05) is 29.3 Å². The van der Waals surface area contributed by atoms with E-state index >= 15 is 0 Å². The van der Waals surface area contributed by atoms with Gasteiger partial charge in [0.1, 0.15) is 5.65 Å². The van der Waals surface area contributed by atoms with Crippen molar-refractivity contribution in [3.8, 4) is 33.6 Å². The molecule has 0 spiro atoms. The zero-order valence-electron chi connectivity index (χ0n) is 32.2. The lowest BCUT2D eigenvalue weighted by Crippen LogP contribution is -2.06. The van der Waals surface area contributed by atoms with Crippen molar-refractivity contribution >= 4 is 22.8 Å². The van der Waals surface area contributed by atoms with E-state index in [0.29, 0.717) is 12.3 Å². The van der Waals surface area contributed by atoms with E-state index in [1.165, 1.54) is 5.57 Å². The summed E-state index contributed by atoms with van der Waals surface area (Å²) >= 11 is 0. The molecule has 7 aromatic rings. The van der Waals surface area contributed by atoms with Crippen LogP contribution in [0.2, 0.25) is 0 Å². The van der Waals surface area contributed by atoms with E-state index in [2.05, 4.69) is 165 Å². The van der Waals surface area contributed by atoms with E-state index in [1.54, 1.807) is 0 Å². The molecule has 4 heteroatoms. The molecule has 0 fully saturated rings. The topological polar surface area (TPSA) is 42.0 Å². The summed E-state index contributed by atoms with van der Waals surface area (Å²) in [4.78, 5) is 15.7. The van der Waals surface area contributed by atoms with E-state index in [-0.39, 0.29) is 6.04 Å². The van der Waals surface area contributed by atoms with Crippen LogP contribution in [0.4, 0.5) is 0 Å². The van der Waals surface area contributed by atoms with E-state index < -0.39 is 0 Å². The molecule has 4 nitrogen and oxygen atoms in total.